The molecule has 1 amide bonds. The largest absolute Gasteiger partial charge is 0.444 e. The van der Waals surface area contributed by atoms with Gasteiger partial charge in [-0.05, 0) is 52.2 Å². The van der Waals surface area contributed by atoms with Gasteiger partial charge in [0.2, 0.25) is 0 Å². The van der Waals surface area contributed by atoms with Gasteiger partial charge in [-0.15, -0.1) is 0 Å². The number of carbonyl (C=O) groups is 1. The molecule has 6 heteroatoms. The van der Waals surface area contributed by atoms with Crippen LogP contribution in [-0.2, 0) is 9.47 Å². The maximum absolute atomic E-state index is 12.5. The molecule has 0 N–H and O–H groups in total. The van der Waals surface area contributed by atoms with Gasteiger partial charge < -0.3 is 19.3 Å². The number of aromatic nitrogens is 1. The number of anilines is 1. The monoisotopic (exact) mass is 347 g/mol. The minimum Gasteiger partial charge on any atom is -0.444 e. The van der Waals surface area contributed by atoms with Crippen LogP contribution in [0.1, 0.15) is 50.9 Å². The fourth-order valence-electron chi connectivity index (χ4n) is 3.51. The molecule has 6 nitrogen and oxygen atoms in total. The van der Waals surface area contributed by atoms with Crippen LogP contribution in [0.3, 0.4) is 0 Å². The minimum absolute atomic E-state index is 0.0566. The van der Waals surface area contributed by atoms with Gasteiger partial charge in [0.05, 0.1) is 19.3 Å². The molecule has 3 rings (SSSR count). The van der Waals surface area contributed by atoms with Crippen molar-refractivity contribution in [2.45, 2.75) is 52.2 Å². The quantitative estimate of drug-likeness (QED) is 0.822. The summed E-state index contributed by atoms with van der Waals surface area (Å²) in [5.74, 6) is 0.992. The number of amides is 1. The second kappa shape index (κ2) is 7.20. The molecule has 1 unspecified atom stereocenters. The van der Waals surface area contributed by atoms with Gasteiger partial charge in [-0.1, -0.05) is 6.07 Å². The number of likely N-dealkylation sites (tertiary alicyclic amines) is 1. The van der Waals surface area contributed by atoms with Crippen LogP contribution in [0, 0.1) is 6.92 Å². The first-order valence-corrected chi connectivity index (χ1v) is 9.15. The molecular formula is C19H29N3O3. The second-order valence-electron chi connectivity index (χ2n) is 7.78. The zero-order chi connectivity index (χ0) is 18.0. The van der Waals surface area contributed by atoms with E-state index in [0.29, 0.717) is 0 Å². The van der Waals surface area contributed by atoms with E-state index in [0.717, 1.165) is 62.8 Å². The molecule has 2 aliphatic rings. The second-order valence-corrected chi connectivity index (χ2v) is 7.78. The lowest BCUT2D eigenvalue weighted by atomic mass is 10.0. The predicted molar refractivity (Wildman–Crippen MR) is 96.9 cm³/mol. The zero-order valence-electron chi connectivity index (χ0n) is 15.7. The van der Waals surface area contributed by atoms with Crippen LogP contribution in [0.25, 0.3) is 0 Å². The van der Waals surface area contributed by atoms with Crippen molar-refractivity contribution in [1.29, 1.82) is 0 Å². The molecule has 2 saturated heterocycles. The molecule has 2 aliphatic heterocycles. The highest BCUT2D eigenvalue weighted by Crippen LogP contribution is 2.35. The number of nitrogens with zero attached hydrogens (tertiary/aromatic N) is 3. The van der Waals surface area contributed by atoms with Gasteiger partial charge >= 0.3 is 6.09 Å². The van der Waals surface area contributed by atoms with E-state index in [4.69, 9.17) is 14.5 Å². The summed E-state index contributed by atoms with van der Waals surface area (Å²) in [5, 5.41) is 0. The first-order valence-electron chi connectivity index (χ1n) is 9.15. The number of aryl methyl sites for hydroxylation is 1. The van der Waals surface area contributed by atoms with E-state index < -0.39 is 5.60 Å². The highest BCUT2D eigenvalue weighted by atomic mass is 16.6. The Morgan fingerprint density at radius 3 is 2.60 bits per heavy atom. The molecule has 0 aromatic carbocycles. The van der Waals surface area contributed by atoms with Crippen LogP contribution >= 0.6 is 0 Å². The van der Waals surface area contributed by atoms with Crippen LogP contribution in [0.2, 0.25) is 0 Å². The van der Waals surface area contributed by atoms with E-state index >= 15 is 0 Å². The van der Waals surface area contributed by atoms with E-state index in [1.165, 1.54) is 0 Å². The van der Waals surface area contributed by atoms with E-state index in [1.54, 1.807) is 0 Å². The zero-order valence-corrected chi connectivity index (χ0v) is 15.7. The van der Waals surface area contributed by atoms with Gasteiger partial charge in [-0.25, -0.2) is 9.78 Å². The molecule has 2 fully saturated rings. The maximum Gasteiger partial charge on any atom is 0.410 e. The number of hydrogen-bond donors (Lipinski definition) is 0. The highest BCUT2D eigenvalue weighted by Gasteiger charge is 2.34. The SMILES string of the molecule is Cc1nc(N2CCOCC2)ccc1C1CCCN1C(=O)OC(C)(C)C. The molecule has 0 aliphatic carbocycles. The number of carbonyl (C=O) groups excluding carboxylic acids is 1. The standard InChI is InChI=1S/C19H29N3O3/c1-14-15(7-8-17(20-14)21-10-12-24-13-11-21)16-6-5-9-22(16)18(23)25-19(2,3)4/h7-8,16H,5-6,9-13H2,1-4H3. The third-order valence-corrected chi connectivity index (χ3v) is 4.69. The Morgan fingerprint density at radius 1 is 1.24 bits per heavy atom. The van der Waals surface area contributed by atoms with Crippen molar-refractivity contribution in [3.63, 3.8) is 0 Å². The Labute approximate surface area is 150 Å². The Hall–Kier alpha value is -1.82. The topological polar surface area (TPSA) is 54.9 Å². The lowest BCUT2D eigenvalue weighted by Crippen LogP contribution is -2.37. The van der Waals surface area contributed by atoms with Crippen molar-refractivity contribution in [1.82, 2.24) is 9.88 Å². The normalized spacial score (nSPS) is 21.5. The molecular weight excluding hydrogens is 318 g/mol. The number of rotatable bonds is 2. The first-order chi connectivity index (χ1) is 11.8. The number of pyridine rings is 1. The molecule has 0 spiro atoms. The summed E-state index contributed by atoms with van der Waals surface area (Å²) in [4.78, 5) is 21.4. The first kappa shape index (κ1) is 18.0. The molecule has 0 radical (unpaired) electrons. The molecule has 1 atom stereocenters. The van der Waals surface area contributed by atoms with Gasteiger partial charge in [-0.3, -0.25) is 0 Å². The lowest BCUT2D eigenvalue weighted by Gasteiger charge is -2.31. The fraction of sp³-hybridized carbons (Fsp3) is 0.684. The van der Waals surface area contributed by atoms with Crippen LogP contribution in [0.4, 0.5) is 10.6 Å². The summed E-state index contributed by atoms with van der Waals surface area (Å²) >= 11 is 0. The molecule has 0 bridgehead atoms. The summed E-state index contributed by atoms with van der Waals surface area (Å²) in [6, 6.07) is 4.25. The van der Waals surface area contributed by atoms with E-state index in [-0.39, 0.29) is 12.1 Å². The molecule has 3 heterocycles. The maximum atomic E-state index is 12.5. The van der Waals surface area contributed by atoms with Crippen LogP contribution in [0.5, 0.6) is 0 Å². The minimum atomic E-state index is -0.474. The van der Waals surface area contributed by atoms with Crippen molar-refractivity contribution in [3.8, 4) is 0 Å². The Morgan fingerprint density at radius 2 is 1.96 bits per heavy atom. The van der Waals surface area contributed by atoms with Crippen molar-refractivity contribution in [2.75, 3.05) is 37.7 Å². The Bertz CT molecular complexity index is 621. The van der Waals surface area contributed by atoms with Gasteiger partial charge in [0.1, 0.15) is 11.4 Å². The number of morpholine rings is 1. The lowest BCUT2D eigenvalue weighted by molar-refractivity contribution is 0.0224. The summed E-state index contributed by atoms with van der Waals surface area (Å²) < 4.78 is 11.0. The number of ether oxygens (including phenoxy) is 2. The predicted octanol–water partition coefficient (Wildman–Crippen LogP) is 3.30. The highest BCUT2D eigenvalue weighted by molar-refractivity contribution is 5.69. The molecule has 1 aromatic rings. The molecule has 1 aromatic heterocycles. The van der Waals surface area contributed by atoms with Crippen LogP contribution in [-0.4, -0.2) is 54.4 Å². The van der Waals surface area contributed by atoms with Gasteiger partial charge in [0, 0.05) is 25.3 Å². The third kappa shape index (κ3) is 4.24. The van der Waals surface area contributed by atoms with Crippen molar-refractivity contribution >= 4 is 11.9 Å². The van der Waals surface area contributed by atoms with Gasteiger partial charge in [0.25, 0.3) is 0 Å². The molecule has 0 saturated carbocycles. The van der Waals surface area contributed by atoms with Crippen molar-refractivity contribution < 1.29 is 14.3 Å². The average Bonchev–Trinajstić information content (AvgIpc) is 3.03. The third-order valence-electron chi connectivity index (χ3n) is 4.69. The summed E-state index contributed by atoms with van der Waals surface area (Å²) in [6.45, 7) is 11.7. The van der Waals surface area contributed by atoms with Crippen LogP contribution < -0.4 is 4.90 Å². The van der Waals surface area contributed by atoms with Gasteiger partial charge in [0.15, 0.2) is 0 Å². The molecule has 25 heavy (non-hydrogen) atoms. The smallest absolute Gasteiger partial charge is 0.410 e. The van der Waals surface area contributed by atoms with E-state index in [1.807, 2.05) is 32.6 Å². The van der Waals surface area contributed by atoms with Crippen molar-refractivity contribution in [2.24, 2.45) is 0 Å². The number of hydrogen-bond acceptors (Lipinski definition) is 5. The van der Waals surface area contributed by atoms with E-state index in [2.05, 4.69) is 17.0 Å². The Kier molecular flexibility index (Phi) is 5.18. The van der Waals surface area contributed by atoms with E-state index in [9.17, 15) is 4.79 Å². The fourth-order valence-corrected chi connectivity index (χ4v) is 3.51. The van der Waals surface area contributed by atoms with Gasteiger partial charge in [-0.2, -0.15) is 0 Å². The van der Waals surface area contributed by atoms with Crippen LogP contribution in [0.15, 0.2) is 12.1 Å². The Balaban J connectivity index is 1.77. The van der Waals surface area contributed by atoms with Crippen molar-refractivity contribution in [3.05, 3.63) is 23.4 Å². The molecule has 138 valence electrons. The summed E-state index contributed by atoms with van der Waals surface area (Å²) in [5.41, 5.74) is 1.64. The average molecular weight is 347 g/mol. The summed E-state index contributed by atoms with van der Waals surface area (Å²) in [6.07, 6.45) is 1.72. The summed E-state index contributed by atoms with van der Waals surface area (Å²) in [7, 11) is 0.